The van der Waals surface area contributed by atoms with E-state index in [4.69, 9.17) is 0 Å². The number of nitrogens with one attached hydrogen (secondary N) is 1. The minimum absolute atomic E-state index is 0.207. The largest absolute Gasteiger partial charge is 0.312 e. The summed E-state index contributed by atoms with van der Waals surface area (Å²) in [5.74, 6) is 0.207. The average Bonchev–Trinajstić information content (AvgIpc) is 1.98. The van der Waals surface area contributed by atoms with Crippen LogP contribution >= 0.6 is 0 Å². The summed E-state index contributed by atoms with van der Waals surface area (Å²) in [6, 6.07) is 0. The fourth-order valence-corrected chi connectivity index (χ4v) is 1.55. The lowest BCUT2D eigenvalue weighted by Gasteiger charge is -2.06. The Kier molecular flexibility index (Phi) is 5.17. The lowest BCUT2D eigenvalue weighted by atomic mass is 10.6. The molecule has 0 rings (SSSR count). The van der Waals surface area contributed by atoms with Gasteiger partial charge in [-0.25, -0.2) is 8.42 Å². The van der Waals surface area contributed by atoms with E-state index in [-0.39, 0.29) is 11.0 Å². The van der Waals surface area contributed by atoms with Crippen molar-refractivity contribution in [1.82, 2.24) is 5.32 Å². The average molecular weight is 191 g/mol. The van der Waals surface area contributed by atoms with Crippen LogP contribution in [-0.2, 0) is 9.84 Å². The van der Waals surface area contributed by atoms with Crippen molar-refractivity contribution in [2.24, 2.45) is 0 Å². The molecule has 3 nitrogen and oxygen atoms in total. The van der Waals surface area contributed by atoms with E-state index in [1.54, 1.807) is 19.9 Å². The van der Waals surface area contributed by atoms with E-state index >= 15 is 0 Å². The summed E-state index contributed by atoms with van der Waals surface area (Å²) in [4.78, 5) is 0. The van der Waals surface area contributed by atoms with Gasteiger partial charge in [0.25, 0.3) is 0 Å². The standard InChI is InChI=1S/C8H17NO2S/c1-4-5-9-6-7-12(10,11)8(2)3/h4,8-9H,1,5-7H2,2-3H3. The first-order valence-corrected chi connectivity index (χ1v) is 5.75. The molecule has 0 aliphatic rings. The van der Waals surface area contributed by atoms with Gasteiger partial charge in [-0.05, 0) is 13.8 Å². The van der Waals surface area contributed by atoms with Gasteiger partial charge in [0.05, 0.1) is 11.0 Å². The first kappa shape index (κ1) is 11.6. The quantitative estimate of drug-likeness (QED) is 0.493. The molecule has 0 saturated heterocycles. The van der Waals surface area contributed by atoms with Gasteiger partial charge < -0.3 is 5.32 Å². The number of hydrogen-bond acceptors (Lipinski definition) is 3. The van der Waals surface area contributed by atoms with Crippen LogP contribution in [0.3, 0.4) is 0 Å². The van der Waals surface area contributed by atoms with Crippen LogP contribution in [0.4, 0.5) is 0 Å². The molecule has 0 spiro atoms. The van der Waals surface area contributed by atoms with Gasteiger partial charge in [-0.2, -0.15) is 0 Å². The van der Waals surface area contributed by atoms with Crippen molar-refractivity contribution < 1.29 is 8.42 Å². The zero-order valence-corrected chi connectivity index (χ0v) is 8.52. The Labute approximate surface area is 74.8 Å². The molecule has 0 aromatic heterocycles. The normalized spacial score (nSPS) is 11.9. The summed E-state index contributed by atoms with van der Waals surface area (Å²) in [5.41, 5.74) is 0. The minimum atomic E-state index is -2.88. The maximum atomic E-state index is 11.2. The first-order valence-electron chi connectivity index (χ1n) is 4.04. The van der Waals surface area contributed by atoms with Crippen LogP contribution in [0, 0.1) is 0 Å². The molecule has 0 amide bonds. The fraction of sp³-hybridized carbons (Fsp3) is 0.750. The zero-order valence-electron chi connectivity index (χ0n) is 7.71. The summed E-state index contributed by atoms with van der Waals surface area (Å²) in [5, 5.41) is 2.67. The molecular formula is C8H17NO2S. The van der Waals surface area contributed by atoms with E-state index in [0.717, 1.165) is 0 Å². The molecule has 12 heavy (non-hydrogen) atoms. The van der Waals surface area contributed by atoms with Gasteiger partial charge in [0.2, 0.25) is 0 Å². The van der Waals surface area contributed by atoms with Gasteiger partial charge in [0.1, 0.15) is 0 Å². The topological polar surface area (TPSA) is 46.2 Å². The van der Waals surface area contributed by atoms with E-state index in [2.05, 4.69) is 11.9 Å². The van der Waals surface area contributed by atoms with E-state index < -0.39 is 9.84 Å². The van der Waals surface area contributed by atoms with Crippen LogP contribution in [-0.4, -0.2) is 32.5 Å². The highest BCUT2D eigenvalue weighted by Gasteiger charge is 2.14. The third kappa shape index (κ3) is 4.51. The molecule has 0 unspecified atom stereocenters. The Morgan fingerprint density at radius 2 is 2.08 bits per heavy atom. The lowest BCUT2D eigenvalue weighted by molar-refractivity contribution is 0.584. The Balaban J connectivity index is 3.70. The van der Waals surface area contributed by atoms with E-state index in [1.165, 1.54) is 0 Å². The molecule has 0 aromatic carbocycles. The van der Waals surface area contributed by atoms with Gasteiger partial charge in [-0.3, -0.25) is 0 Å². The Morgan fingerprint density at radius 3 is 2.50 bits per heavy atom. The molecule has 0 aliphatic heterocycles. The van der Waals surface area contributed by atoms with Gasteiger partial charge in [0.15, 0.2) is 9.84 Å². The minimum Gasteiger partial charge on any atom is -0.312 e. The maximum absolute atomic E-state index is 11.2. The maximum Gasteiger partial charge on any atom is 0.153 e. The molecule has 0 atom stereocenters. The SMILES string of the molecule is C=CCNCCS(=O)(=O)C(C)C. The van der Waals surface area contributed by atoms with Crippen LogP contribution in [0.2, 0.25) is 0 Å². The first-order chi connectivity index (χ1) is 5.50. The second kappa shape index (κ2) is 5.32. The van der Waals surface area contributed by atoms with E-state index in [0.29, 0.717) is 13.1 Å². The fourth-order valence-electron chi connectivity index (χ4n) is 0.654. The highest BCUT2D eigenvalue weighted by Crippen LogP contribution is 1.98. The van der Waals surface area contributed by atoms with Crippen LogP contribution in [0.15, 0.2) is 12.7 Å². The Bertz CT molecular complexity index is 219. The van der Waals surface area contributed by atoms with Crippen LogP contribution in [0.5, 0.6) is 0 Å². The van der Waals surface area contributed by atoms with Crippen LogP contribution in [0.1, 0.15) is 13.8 Å². The molecule has 0 aliphatic carbocycles. The monoisotopic (exact) mass is 191 g/mol. The molecule has 1 N–H and O–H groups in total. The third-order valence-corrected chi connectivity index (χ3v) is 3.78. The predicted molar refractivity (Wildman–Crippen MR) is 52.0 cm³/mol. The highest BCUT2D eigenvalue weighted by atomic mass is 32.2. The number of sulfone groups is 1. The third-order valence-electron chi connectivity index (χ3n) is 1.57. The summed E-state index contributed by atoms with van der Waals surface area (Å²) < 4.78 is 22.5. The summed E-state index contributed by atoms with van der Waals surface area (Å²) >= 11 is 0. The smallest absolute Gasteiger partial charge is 0.153 e. The van der Waals surface area contributed by atoms with Crippen molar-refractivity contribution in [1.29, 1.82) is 0 Å². The second-order valence-corrected chi connectivity index (χ2v) is 5.59. The van der Waals surface area contributed by atoms with E-state index in [1.807, 2.05) is 0 Å². The molecule has 0 heterocycles. The molecule has 72 valence electrons. The molecule has 0 fully saturated rings. The van der Waals surface area contributed by atoms with Gasteiger partial charge >= 0.3 is 0 Å². The van der Waals surface area contributed by atoms with Crippen molar-refractivity contribution in [3.63, 3.8) is 0 Å². The molecular weight excluding hydrogens is 174 g/mol. The van der Waals surface area contributed by atoms with Crippen molar-refractivity contribution in [3.05, 3.63) is 12.7 Å². The predicted octanol–water partition coefficient (Wildman–Crippen LogP) is 0.585. The van der Waals surface area contributed by atoms with Crippen molar-refractivity contribution in [3.8, 4) is 0 Å². The molecule has 4 heteroatoms. The molecule has 0 aromatic rings. The molecule has 0 saturated carbocycles. The van der Waals surface area contributed by atoms with Gasteiger partial charge in [-0.15, -0.1) is 6.58 Å². The van der Waals surface area contributed by atoms with Crippen LogP contribution in [0.25, 0.3) is 0 Å². The van der Waals surface area contributed by atoms with Crippen LogP contribution < -0.4 is 5.32 Å². The summed E-state index contributed by atoms with van der Waals surface area (Å²) in [6.45, 7) is 8.08. The van der Waals surface area contributed by atoms with E-state index in [9.17, 15) is 8.42 Å². The zero-order chi connectivity index (χ0) is 9.61. The number of rotatable bonds is 6. The van der Waals surface area contributed by atoms with Gasteiger partial charge in [0, 0.05) is 13.1 Å². The molecule has 0 bridgehead atoms. The summed E-state index contributed by atoms with van der Waals surface area (Å²) in [6.07, 6.45) is 1.71. The molecule has 0 radical (unpaired) electrons. The van der Waals surface area contributed by atoms with Gasteiger partial charge in [-0.1, -0.05) is 6.08 Å². The Hall–Kier alpha value is -0.350. The Morgan fingerprint density at radius 1 is 1.50 bits per heavy atom. The van der Waals surface area contributed by atoms with Crippen molar-refractivity contribution in [2.45, 2.75) is 19.1 Å². The van der Waals surface area contributed by atoms with Crippen molar-refractivity contribution >= 4 is 9.84 Å². The lowest BCUT2D eigenvalue weighted by Crippen LogP contribution is -2.27. The second-order valence-electron chi connectivity index (χ2n) is 2.91. The highest BCUT2D eigenvalue weighted by molar-refractivity contribution is 7.92. The number of hydrogen-bond donors (Lipinski definition) is 1. The van der Waals surface area contributed by atoms with Crippen molar-refractivity contribution in [2.75, 3.05) is 18.8 Å². The summed E-state index contributed by atoms with van der Waals surface area (Å²) in [7, 11) is -2.88.